The number of aliphatic hydroxyl groups is 5. The molecule has 334 valence electrons. The van der Waals surface area contributed by atoms with Crippen LogP contribution in [0.3, 0.4) is 0 Å². The second kappa shape index (κ2) is 44.4. The summed E-state index contributed by atoms with van der Waals surface area (Å²) < 4.78 is 0. The normalized spacial score (nSPS) is 18.0. The summed E-state index contributed by atoms with van der Waals surface area (Å²) in [4.78, 5) is 74.0. The summed E-state index contributed by atoms with van der Waals surface area (Å²) in [5.74, 6) is -0.140. The van der Waals surface area contributed by atoms with Crippen molar-refractivity contribution in [2.75, 3.05) is 46.1 Å². The van der Waals surface area contributed by atoms with E-state index in [1.807, 2.05) is 6.92 Å². The van der Waals surface area contributed by atoms with Gasteiger partial charge in [-0.05, 0) is 115 Å². The highest BCUT2D eigenvalue weighted by molar-refractivity contribution is 5.67. The maximum Gasteiger partial charge on any atom is 0.303 e. The summed E-state index contributed by atoms with van der Waals surface area (Å²) in [6.45, 7) is 3.03. The van der Waals surface area contributed by atoms with E-state index in [-0.39, 0.29) is 58.0 Å². The number of carboxylic acids is 2. The molecule has 0 aliphatic heterocycles. The van der Waals surface area contributed by atoms with Crippen molar-refractivity contribution in [2.24, 2.45) is 37.2 Å². The van der Waals surface area contributed by atoms with Gasteiger partial charge in [-0.15, -0.1) is 0 Å². The minimum atomic E-state index is -0.870. The molecule has 0 radical (unpaired) electrons. The molecule has 0 saturated heterocycles. The molecule has 0 aromatic heterocycles. The Bertz CT molecular complexity index is 1080. The Morgan fingerprint density at radius 2 is 0.862 bits per heavy atom. The summed E-state index contributed by atoms with van der Waals surface area (Å²) in [7, 11) is 0. The summed E-state index contributed by atoms with van der Waals surface area (Å²) in [6, 6.07) is 0.456. The third kappa shape index (κ3) is 39.1. The third-order valence-electron chi connectivity index (χ3n) is 10.0. The second-order valence-corrected chi connectivity index (χ2v) is 14.6. The predicted octanol–water partition coefficient (Wildman–Crippen LogP) is 4.99. The fraction of sp³-hybridized carbons (Fsp3) is 0.854. The molecule has 2 aliphatic rings. The standard InChI is InChI=1S/C15H22N2O2.C8H12N2O2.C6H10O4.C6H14O3.C6H14O2/c18-10-16-14-5-1-12(2-6-14)9-13-3-7-15(8-4-13)17-11-19;11-7-9-5-3-1-2-4-6-10-8-12;7-5(8)3-1-2-4-6(9)10;1-2-6(3-7,4-8)5-9;7-5-3-1-2-4-6-8/h12-15H,1-9H2;1-6H2;1-4H2,(H,7,8)(H,9,10);7-9H,2-5H2,1H3;7-8H,1-6H2. The van der Waals surface area contributed by atoms with E-state index in [9.17, 15) is 28.8 Å². The average Bonchev–Trinajstić information content (AvgIpc) is 3.23. The molecule has 17 nitrogen and oxygen atoms in total. The number of unbranched alkanes of at least 4 members (excludes halogenated alkanes) is 7. The van der Waals surface area contributed by atoms with E-state index in [0.717, 1.165) is 88.9 Å². The molecule has 2 fully saturated rings. The average molecular weight is 829 g/mol. The number of isocyanates is 4. The van der Waals surface area contributed by atoms with Gasteiger partial charge in [-0.3, -0.25) is 9.59 Å². The Labute approximate surface area is 343 Å². The van der Waals surface area contributed by atoms with Gasteiger partial charge < -0.3 is 35.7 Å². The van der Waals surface area contributed by atoms with E-state index >= 15 is 0 Å². The van der Waals surface area contributed by atoms with Crippen molar-refractivity contribution in [1.29, 1.82) is 0 Å². The van der Waals surface area contributed by atoms with Crippen LogP contribution in [-0.2, 0) is 28.8 Å². The number of hydrogen-bond acceptors (Lipinski definition) is 15. The predicted molar refractivity (Wildman–Crippen MR) is 217 cm³/mol. The van der Waals surface area contributed by atoms with Crippen LogP contribution in [-0.4, -0.2) is 130 Å². The highest BCUT2D eigenvalue weighted by Crippen LogP contribution is 2.36. The molecule has 7 N–H and O–H groups in total. The van der Waals surface area contributed by atoms with E-state index in [4.69, 9.17) is 35.7 Å². The molecule has 0 spiro atoms. The van der Waals surface area contributed by atoms with Gasteiger partial charge in [-0.25, -0.2) is 39.1 Å². The van der Waals surface area contributed by atoms with Gasteiger partial charge in [0.25, 0.3) is 0 Å². The molecule has 2 aliphatic carbocycles. The molecule has 0 atom stereocenters. The molecule has 0 amide bonds. The van der Waals surface area contributed by atoms with Crippen LogP contribution in [0.15, 0.2) is 20.0 Å². The number of hydrogen-bond donors (Lipinski definition) is 7. The zero-order valence-corrected chi connectivity index (χ0v) is 34.7. The minimum absolute atomic E-state index is 0.0628. The van der Waals surface area contributed by atoms with Gasteiger partial charge in [-0.1, -0.05) is 32.6 Å². The maximum absolute atomic E-state index is 10.2. The van der Waals surface area contributed by atoms with Crippen LogP contribution in [0.1, 0.15) is 148 Å². The number of carbonyl (C=O) groups excluding carboxylic acids is 4. The molecular weight excluding hydrogens is 756 g/mol. The monoisotopic (exact) mass is 829 g/mol. The molecule has 0 unspecified atom stereocenters. The Kier molecular flexibility index (Phi) is 44.8. The Balaban J connectivity index is -0.000000683. The first kappa shape index (κ1) is 58.6. The van der Waals surface area contributed by atoms with Gasteiger partial charge >= 0.3 is 11.9 Å². The Morgan fingerprint density at radius 1 is 0.517 bits per heavy atom. The van der Waals surface area contributed by atoms with Crippen LogP contribution >= 0.6 is 0 Å². The van der Waals surface area contributed by atoms with Crippen molar-refractivity contribution in [3.63, 3.8) is 0 Å². The minimum Gasteiger partial charge on any atom is -0.481 e. The Morgan fingerprint density at radius 3 is 1.10 bits per heavy atom. The molecule has 0 heterocycles. The van der Waals surface area contributed by atoms with Gasteiger partial charge in [0.1, 0.15) is 0 Å². The molecule has 0 bridgehead atoms. The maximum atomic E-state index is 10.2. The first-order chi connectivity index (χ1) is 28.0. The molecule has 17 heteroatoms. The van der Waals surface area contributed by atoms with Crippen LogP contribution in [0, 0.1) is 17.3 Å². The van der Waals surface area contributed by atoms with Gasteiger partial charge in [-0.2, -0.15) is 0 Å². The molecule has 0 aromatic rings. The quantitative estimate of drug-likeness (QED) is 0.0363. The Hall–Kier alpha value is -3.74. The molecule has 2 rings (SSSR count). The highest BCUT2D eigenvalue weighted by atomic mass is 16.4. The first-order valence-electron chi connectivity index (χ1n) is 20.7. The van der Waals surface area contributed by atoms with Crippen molar-refractivity contribution in [1.82, 2.24) is 0 Å². The molecular formula is C41H72N4O13. The summed E-state index contributed by atoms with van der Waals surface area (Å²) in [5, 5.41) is 58.8. The number of nitrogens with zero attached hydrogens (tertiary/aromatic N) is 4. The largest absolute Gasteiger partial charge is 0.481 e. The van der Waals surface area contributed by atoms with E-state index in [1.165, 1.54) is 44.3 Å². The van der Waals surface area contributed by atoms with Crippen molar-refractivity contribution >= 4 is 36.3 Å². The topological polar surface area (TPSA) is 293 Å². The lowest BCUT2D eigenvalue weighted by molar-refractivity contribution is -0.139. The van der Waals surface area contributed by atoms with Crippen molar-refractivity contribution in [3.8, 4) is 0 Å². The zero-order chi connectivity index (χ0) is 44.1. The van der Waals surface area contributed by atoms with E-state index in [2.05, 4.69) is 20.0 Å². The molecule has 0 aromatic carbocycles. The van der Waals surface area contributed by atoms with Crippen LogP contribution in [0.25, 0.3) is 0 Å². The van der Waals surface area contributed by atoms with Gasteiger partial charge in [0.2, 0.25) is 24.3 Å². The SMILES string of the molecule is CCC(CO)(CO)CO.O=C(O)CCCCC(=O)O.O=C=NC1CCC(CC2CCC(N=C=O)CC2)CC1.O=C=NCCCCCCN=C=O.OCCCCCCO. The number of aliphatic imine (C=N–C) groups is 4. The zero-order valence-electron chi connectivity index (χ0n) is 34.7. The number of carbonyl (C=O) groups is 2. The van der Waals surface area contributed by atoms with Gasteiger partial charge in [0.15, 0.2) is 0 Å². The number of aliphatic hydroxyl groups excluding tert-OH is 5. The lowest BCUT2D eigenvalue weighted by Gasteiger charge is -2.31. The fourth-order valence-corrected chi connectivity index (χ4v) is 6.08. The number of rotatable bonds is 25. The summed E-state index contributed by atoms with van der Waals surface area (Å²) in [6.07, 6.45) is 25.9. The summed E-state index contributed by atoms with van der Waals surface area (Å²) >= 11 is 0. The van der Waals surface area contributed by atoms with Crippen LogP contribution in [0.4, 0.5) is 0 Å². The van der Waals surface area contributed by atoms with Crippen molar-refractivity contribution in [3.05, 3.63) is 0 Å². The van der Waals surface area contributed by atoms with E-state index in [0.29, 0.717) is 32.4 Å². The van der Waals surface area contributed by atoms with E-state index < -0.39 is 17.4 Å². The molecule has 58 heavy (non-hydrogen) atoms. The third-order valence-corrected chi connectivity index (χ3v) is 10.0. The van der Waals surface area contributed by atoms with Gasteiger partial charge in [0, 0.05) is 31.5 Å². The van der Waals surface area contributed by atoms with Crippen molar-refractivity contribution in [2.45, 2.75) is 160 Å². The lowest BCUT2D eigenvalue weighted by Crippen LogP contribution is -2.32. The second-order valence-electron chi connectivity index (χ2n) is 14.6. The van der Waals surface area contributed by atoms with Crippen molar-refractivity contribution < 1.29 is 64.5 Å². The van der Waals surface area contributed by atoms with Crippen LogP contribution < -0.4 is 0 Å². The fourth-order valence-electron chi connectivity index (χ4n) is 6.08. The molecule has 2 saturated carbocycles. The van der Waals surface area contributed by atoms with Crippen LogP contribution in [0.2, 0.25) is 0 Å². The van der Waals surface area contributed by atoms with E-state index in [1.54, 1.807) is 12.2 Å². The van der Waals surface area contributed by atoms with Crippen LogP contribution in [0.5, 0.6) is 0 Å². The number of aliphatic carboxylic acids is 2. The first-order valence-corrected chi connectivity index (χ1v) is 20.7. The van der Waals surface area contributed by atoms with Gasteiger partial charge in [0.05, 0.1) is 45.0 Å². The number of carboxylic acid groups (broad SMARTS) is 2. The lowest BCUT2D eigenvalue weighted by atomic mass is 9.76. The summed E-state index contributed by atoms with van der Waals surface area (Å²) in [5.41, 5.74) is -0.667. The highest BCUT2D eigenvalue weighted by Gasteiger charge is 2.27. The smallest absolute Gasteiger partial charge is 0.303 e.